The Morgan fingerprint density at radius 2 is 2.06 bits per heavy atom. The van der Waals surface area contributed by atoms with Crippen molar-refractivity contribution in [3.8, 4) is 11.8 Å². The Hall–Kier alpha value is -1.84. The zero-order valence-electron chi connectivity index (χ0n) is 8.81. The van der Waals surface area contributed by atoms with Crippen molar-refractivity contribution < 1.29 is 22.3 Å². The summed E-state index contributed by atoms with van der Waals surface area (Å²) in [5, 5.41) is 8.52. The molecule has 0 aliphatic carbocycles. The quantitative estimate of drug-likeness (QED) is 0.772. The number of rotatable bonds is 3. The average molecular weight is 248 g/mol. The molecule has 0 saturated carbocycles. The predicted octanol–water partition coefficient (Wildman–Crippen LogP) is 2.82. The van der Waals surface area contributed by atoms with Crippen LogP contribution in [0.5, 0.6) is 5.75 Å². The lowest BCUT2D eigenvalue weighted by Crippen LogP contribution is -2.19. The van der Waals surface area contributed by atoms with Gasteiger partial charge in [0.05, 0.1) is 18.7 Å². The number of aromatic nitrogens is 1. The first-order valence-electron chi connectivity index (χ1n) is 4.55. The number of nitrogens with zero attached hydrogens (tertiary/aromatic N) is 2. The summed E-state index contributed by atoms with van der Waals surface area (Å²) < 4.78 is 52.5. The Balaban J connectivity index is 3.24. The number of pyridine rings is 1. The summed E-state index contributed by atoms with van der Waals surface area (Å²) >= 11 is 0. The standard InChI is InChI=1S/C10H8F4N2O/c1-6-7(2-3-15)8(4-11)9(5-16-6)17-10(12,13)14/h5H,2,4H2,1H3. The van der Waals surface area contributed by atoms with Crippen molar-refractivity contribution >= 4 is 0 Å². The summed E-state index contributed by atoms with van der Waals surface area (Å²) in [5.74, 6) is -0.698. The molecule has 0 unspecified atom stereocenters. The van der Waals surface area contributed by atoms with E-state index in [4.69, 9.17) is 5.26 Å². The molecule has 92 valence electrons. The van der Waals surface area contributed by atoms with E-state index < -0.39 is 18.8 Å². The van der Waals surface area contributed by atoms with E-state index in [1.54, 1.807) is 6.07 Å². The highest BCUT2D eigenvalue weighted by molar-refractivity contribution is 5.41. The van der Waals surface area contributed by atoms with Gasteiger partial charge < -0.3 is 4.74 Å². The number of ether oxygens (including phenoxy) is 1. The molecule has 0 spiro atoms. The zero-order chi connectivity index (χ0) is 13.1. The smallest absolute Gasteiger partial charge is 0.404 e. The Bertz CT molecular complexity index is 451. The van der Waals surface area contributed by atoms with Gasteiger partial charge in [0.1, 0.15) is 6.67 Å². The van der Waals surface area contributed by atoms with Crippen LogP contribution < -0.4 is 4.74 Å². The van der Waals surface area contributed by atoms with Gasteiger partial charge in [0.15, 0.2) is 5.75 Å². The molecule has 0 atom stereocenters. The maximum Gasteiger partial charge on any atom is 0.573 e. The number of halogens is 4. The van der Waals surface area contributed by atoms with Crippen LogP contribution in [0.25, 0.3) is 0 Å². The highest BCUT2D eigenvalue weighted by Crippen LogP contribution is 2.30. The van der Waals surface area contributed by atoms with Crippen molar-refractivity contribution in [3.05, 3.63) is 23.0 Å². The third kappa shape index (κ3) is 3.31. The molecule has 0 N–H and O–H groups in total. The molecule has 0 aliphatic rings. The molecular weight excluding hydrogens is 240 g/mol. The number of hydrogen-bond donors (Lipinski definition) is 0. The highest BCUT2D eigenvalue weighted by atomic mass is 19.4. The third-order valence-corrected chi connectivity index (χ3v) is 2.09. The van der Waals surface area contributed by atoms with E-state index in [1.165, 1.54) is 6.92 Å². The minimum Gasteiger partial charge on any atom is -0.404 e. The van der Waals surface area contributed by atoms with Crippen LogP contribution in [0.1, 0.15) is 16.8 Å². The normalized spacial score (nSPS) is 11.1. The first-order chi connectivity index (χ1) is 7.89. The van der Waals surface area contributed by atoms with E-state index >= 15 is 0 Å². The minimum atomic E-state index is -4.91. The Morgan fingerprint density at radius 1 is 1.41 bits per heavy atom. The van der Waals surface area contributed by atoms with Crippen LogP contribution in [-0.2, 0) is 13.1 Å². The van der Waals surface area contributed by atoms with Gasteiger partial charge in [0, 0.05) is 11.3 Å². The van der Waals surface area contributed by atoms with Gasteiger partial charge in [-0.3, -0.25) is 4.98 Å². The largest absolute Gasteiger partial charge is 0.573 e. The second-order valence-corrected chi connectivity index (χ2v) is 3.18. The van der Waals surface area contributed by atoms with Crippen LogP contribution in [0.2, 0.25) is 0 Å². The lowest BCUT2D eigenvalue weighted by atomic mass is 10.0. The Morgan fingerprint density at radius 3 is 2.53 bits per heavy atom. The van der Waals surface area contributed by atoms with E-state index in [1.807, 2.05) is 0 Å². The van der Waals surface area contributed by atoms with Crippen LogP contribution in [0.4, 0.5) is 17.6 Å². The van der Waals surface area contributed by atoms with E-state index in [9.17, 15) is 17.6 Å². The SMILES string of the molecule is Cc1ncc(OC(F)(F)F)c(CF)c1CC#N. The van der Waals surface area contributed by atoms with Gasteiger partial charge in [0.25, 0.3) is 0 Å². The number of aryl methyl sites for hydroxylation is 1. The second-order valence-electron chi connectivity index (χ2n) is 3.18. The molecule has 0 fully saturated rings. The maximum absolute atomic E-state index is 12.7. The fourth-order valence-corrected chi connectivity index (χ4v) is 1.35. The zero-order valence-corrected chi connectivity index (χ0v) is 8.81. The fourth-order valence-electron chi connectivity index (χ4n) is 1.35. The maximum atomic E-state index is 12.7. The van der Waals surface area contributed by atoms with Crippen molar-refractivity contribution in [2.24, 2.45) is 0 Å². The van der Waals surface area contributed by atoms with Crippen molar-refractivity contribution in [1.29, 1.82) is 5.26 Å². The van der Waals surface area contributed by atoms with E-state index in [0.29, 0.717) is 5.69 Å². The van der Waals surface area contributed by atoms with Crippen molar-refractivity contribution in [2.75, 3.05) is 0 Å². The van der Waals surface area contributed by atoms with Crippen molar-refractivity contribution in [3.63, 3.8) is 0 Å². The summed E-state index contributed by atoms with van der Waals surface area (Å²) in [6.07, 6.45) is -4.32. The topological polar surface area (TPSA) is 45.9 Å². The Labute approximate surface area is 94.6 Å². The first-order valence-corrected chi connectivity index (χ1v) is 4.55. The van der Waals surface area contributed by atoms with Gasteiger partial charge >= 0.3 is 6.36 Å². The van der Waals surface area contributed by atoms with Crippen LogP contribution in [0, 0.1) is 18.3 Å². The van der Waals surface area contributed by atoms with Gasteiger partial charge in [-0.15, -0.1) is 13.2 Å². The fraction of sp³-hybridized carbons (Fsp3) is 0.400. The van der Waals surface area contributed by atoms with E-state index in [-0.39, 0.29) is 17.5 Å². The highest BCUT2D eigenvalue weighted by Gasteiger charge is 2.33. The number of alkyl halides is 4. The first kappa shape index (κ1) is 13.2. The van der Waals surface area contributed by atoms with Crippen LogP contribution in [0.3, 0.4) is 0 Å². The van der Waals surface area contributed by atoms with E-state index in [0.717, 1.165) is 6.20 Å². The summed E-state index contributed by atoms with van der Waals surface area (Å²) in [4.78, 5) is 3.65. The van der Waals surface area contributed by atoms with Crippen molar-refractivity contribution in [2.45, 2.75) is 26.4 Å². The molecule has 3 nitrogen and oxygen atoms in total. The van der Waals surface area contributed by atoms with Crippen LogP contribution >= 0.6 is 0 Å². The van der Waals surface area contributed by atoms with Gasteiger partial charge in [-0.05, 0) is 12.5 Å². The molecule has 1 aromatic rings. The molecule has 0 aliphatic heterocycles. The van der Waals surface area contributed by atoms with Crippen LogP contribution in [-0.4, -0.2) is 11.3 Å². The predicted molar refractivity (Wildman–Crippen MR) is 49.8 cm³/mol. The molecular formula is C10H8F4N2O. The number of hydrogen-bond acceptors (Lipinski definition) is 3. The van der Waals surface area contributed by atoms with Gasteiger partial charge in [-0.2, -0.15) is 5.26 Å². The molecule has 1 rings (SSSR count). The minimum absolute atomic E-state index is 0.136. The Kier molecular flexibility index (Phi) is 3.89. The summed E-state index contributed by atoms with van der Waals surface area (Å²) in [6, 6.07) is 1.75. The number of nitriles is 1. The van der Waals surface area contributed by atoms with Crippen LogP contribution in [0.15, 0.2) is 6.20 Å². The van der Waals surface area contributed by atoms with E-state index in [2.05, 4.69) is 9.72 Å². The van der Waals surface area contributed by atoms with Gasteiger partial charge in [-0.1, -0.05) is 0 Å². The summed E-state index contributed by atoms with van der Waals surface area (Å²) in [5.41, 5.74) is 0.168. The lowest BCUT2D eigenvalue weighted by molar-refractivity contribution is -0.275. The summed E-state index contributed by atoms with van der Waals surface area (Å²) in [7, 11) is 0. The monoisotopic (exact) mass is 248 g/mol. The molecule has 0 radical (unpaired) electrons. The summed E-state index contributed by atoms with van der Waals surface area (Å²) in [6.45, 7) is 0.342. The molecule has 1 heterocycles. The van der Waals surface area contributed by atoms with Gasteiger partial charge in [-0.25, -0.2) is 4.39 Å². The third-order valence-electron chi connectivity index (χ3n) is 2.09. The molecule has 17 heavy (non-hydrogen) atoms. The molecule has 0 amide bonds. The molecule has 0 bridgehead atoms. The second kappa shape index (κ2) is 4.99. The van der Waals surface area contributed by atoms with Gasteiger partial charge in [0.2, 0.25) is 0 Å². The molecule has 0 aromatic carbocycles. The molecule has 1 aromatic heterocycles. The average Bonchev–Trinajstić information content (AvgIpc) is 2.21. The molecule has 7 heteroatoms. The van der Waals surface area contributed by atoms with Crippen molar-refractivity contribution in [1.82, 2.24) is 4.98 Å². The lowest BCUT2D eigenvalue weighted by Gasteiger charge is -2.14. The molecule has 0 saturated heterocycles.